The van der Waals surface area contributed by atoms with Crippen molar-refractivity contribution in [1.29, 1.82) is 0 Å². The number of hydrogen-bond donors (Lipinski definition) is 1. The first-order chi connectivity index (χ1) is 6.90. The number of fused-ring (bicyclic) bond motifs is 2. The Morgan fingerprint density at radius 2 is 2.13 bits per heavy atom. The fourth-order valence-corrected chi connectivity index (χ4v) is 3.72. The van der Waals surface area contributed by atoms with Crippen LogP contribution in [0.5, 0.6) is 0 Å². The molecule has 84 valence electrons. The molecule has 0 heterocycles. The average molecular weight is 207 g/mol. The zero-order chi connectivity index (χ0) is 11.3. The van der Waals surface area contributed by atoms with E-state index >= 15 is 0 Å². The van der Waals surface area contributed by atoms with Crippen LogP contribution in [0.2, 0.25) is 0 Å². The molecule has 3 atom stereocenters. The molecule has 15 heavy (non-hydrogen) atoms. The molecule has 2 bridgehead atoms. The van der Waals surface area contributed by atoms with Crippen LogP contribution in [0, 0.1) is 17.3 Å². The molecule has 3 aliphatic rings. The summed E-state index contributed by atoms with van der Waals surface area (Å²) in [4.78, 5) is 11.4. The average Bonchev–Trinajstić information content (AvgIpc) is 2.16. The van der Waals surface area contributed by atoms with Crippen LogP contribution in [0.25, 0.3) is 0 Å². The van der Waals surface area contributed by atoms with Gasteiger partial charge in [0, 0.05) is 5.54 Å². The Hall–Kier alpha value is -0.790. The Kier molecular flexibility index (Phi) is 2.21. The summed E-state index contributed by atoms with van der Waals surface area (Å²) < 4.78 is 0. The van der Waals surface area contributed by atoms with Crippen LogP contribution in [0.1, 0.15) is 40.0 Å². The molecule has 3 aliphatic carbocycles. The molecule has 3 fully saturated rings. The van der Waals surface area contributed by atoms with E-state index in [1.54, 1.807) is 0 Å². The first-order valence-corrected chi connectivity index (χ1v) is 5.85. The maximum atomic E-state index is 11.4. The van der Waals surface area contributed by atoms with E-state index in [2.05, 4.69) is 32.7 Å². The van der Waals surface area contributed by atoms with Crippen molar-refractivity contribution in [1.82, 2.24) is 5.32 Å². The smallest absolute Gasteiger partial charge is 0.243 e. The summed E-state index contributed by atoms with van der Waals surface area (Å²) in [7, 11) is 0. The second kappa shape index (κ2) is 3.10. The number of carbonyl (C=O) groups excluding carboxylic acids is 1. The lowest BCUT2D eigenvalue weighted by molar-refractivity contribution is -0.139. The minimum Gasteiger partial charge on any atom is -0.347 e. The number of amides is 1. The first kappa shape index (κ1) is 10.7. The molecule has 3 unspecified atom stereocenters. The number of rotatable bonds is 2. The van der Waals surface area contributed by atoms with E-state index in [4.69, 9.17) is 0 Å². The third-order valence-corrected chi connectivity index (χ3v) is 4.85. The molecule has 0 radical (unpaired) electrons. The molecule has 3 saturated carbocycles. The lowest BCUT2D eigenvalue weighted by atomic mass is 9.43. The second-order valence-corrected chi connectivity index (χ2v) is 5.96. The Morgan fingerprint density at radius 3 is 2.60 bits per heavy atom. The molecule has 0 saturated heterocycles. The SMILES string of the molecule is C=CC(=O)NC1(C)CCC2CC1C2(C)C. The summed E-state index contributed by atoms with van der Waals surface area (Å²) in [5.41, 5.74) is 0.394. The summed E-state index contributed by atoms with van der Waals surface area (Å²) in [6.07, 6.45) is 5.02. The van der Waals surface area contributed by atoms with Gasteiger partial charge in [-0.1, -0.05) is 20.4 Å². The third kappa shape index (κ3) is 1.42. The molecule has 0 aromatic rings. The van der Waals surface area contributed by atoms with Gasteiger partial charge in [0.25, 0.3) is 0 Å². The van der Waals surface area contributed by atoms with Gasteiger partial charge in [0.2, 0.25) is 5.91 Å². The Morgan fingerprint density at radius 1 is 1.47 bits per heavy atom. The summed E-state index contributed by atoms with van der Waals surface area (Å²) in [5, 5.41) is 3.13. The number of hydrogen-bond acceptors (Lipinski definition) is 1. The molecule has 2 nitrogen and oxygen atoms in total. The van der Waals surface area contributed by atoms with Gasteiger partial charge in [-0.25, -0.2) is 0 Å². The highest BCUT2D eigenvalue weighted by Crippen LogP contribution is 2.62. The van der Waals surface area contributed by atoms with Crippen LogP contribution in [0.4, 0.5) is 0 Å². The van der Waals surface area contributed by atoms with E-state index in [1.165, 1.54) is 18.9 Å². The minimum absolute atomic E-state index is 0.0104. The fourth-order valence-electron chi connectivity index (χ4n) is 3.72. The second-order valence-electron chi connectivity index (χ2n) is 5.96. The molecule has 1 N–H and O–H groups in total. The van der Waals surface area contributed by atoms with Gasteiger partial charge in [-0.2, -0.15) is 0 Å². The number of nitrogens with one attached hydrogen (secondary N) is 1. The Labute approximate surface area is 92.1 Å². The molecule has 0 spiro atoms. The normalized spacial score (nSPS) is 41.5. The molecular formula is C13H21NO. The van der Waals surface area contributed by atoms with E-state index in [1.807, 2.05) is 0 Å². The predicted octanol–water partition coefficient (Wildman–Crippen LogP) is 2.50. The zero-order valence-corrected chi connectivity index (χ0v) is 9.97. The summed E-state index contributed by atoms with van der Waals surface area (Å²) in [5.74, 6) is 1.47. The van der Waals surface area contributed by atoms with Gasteiger partial charge in [-0.05, 0) is 49.5 Å². The topological polar surface area (TPSA) is 29.1 Å². The van der Waals surface area contributed by atoms with E-state index in [9.17, 15) is 4.79 Å². The third-order valence-electron chi connectivity index (χ3n) is 4.85. The van der Waals surface area contributed by atoms with E-state index in [-0.39, 0.29) is 11.4 Å². The van der Waals surface area contributed by atoms with Crippen LogP contribution < -0.4 is 5.32 Å². The van der Waals surface area contributed by atoms with Crippen molar-refractivity contribution >= 4 is 5.91 Å². The van der Waals surface area contributed by atoms with E-state index in [0.29, 0.717) is 11.3 Å². The quantitative estimate of drug-likeness (QED) is 0.693. The highest BCUT2D eigenvalue weighted by molar-refractivity contribution is 5.87. The standard InChI is InChI=1S/C13H21NO/c1-5-11(15)14-13(4)7-6-9-8-10(13)12(9,2)3/h5,9-10H,1,6-8H2,2-4H3,(H,14,15). The summed E-state index contributed by atoms with van der Waals surface area (Å²) in [6, 6.07) is 0. The largest absolute Gasteiger partial charge is 0.347 e. The predicted molar refractivity (Wildman–Crippen MR) is 61.4 cm³/mol. The van der Waals surface area contributed by atoms with Crippen LogP contribution in [0.15, 0.2) is 12.7 Å². The maximum Gasteiger partial charge on any atom is 0.243 e. The molecule has 0 aromatic carbocycles. The Bertz CT molecular complexity index is 306. The van der Waals surface area contributed by atoms with Crippen molar-refractivity contribution in [2.24, 2.45) is 17.3 Å². The van der Waals surface area contributed by atoms with Crippen LogP contribution in [0.3, 0.4) is 0 Å². The molecule has 1 amide bonds. The minimum atomic E-state index is -0.0290. The van der Waals surface area contributed by atoms with Crippen molar-refractivity contribution in [2.45, 2.75) is 45.6 Å². The van der Waals surface area contributed by atoms with E-state index in [0.717, 1.165) is 12.3 Å². The number of carbonyl (C=O) groups is 1. The van der Waals surface area contributed by atoms with Crippen molar-refractivity contribution in [3.8, 4) is 0 Å². The Balaban J connectivity index is 2.15. The molecule has 2 heteroatoms. The van der Waals surface area contributed by atoms with Gasteiger partial charge in [-0.3, -0.25) is 4.79 Å². The van der Waals surface area contributed by atoms with Gasteiger partial charge < -0.3 is 5.32 Å². The lowest BCUT2D eigenvalue weighted by Gasteiger charge is -2.64. The molecule has 3 rings (SSSR count). The zero-order valence-electron chi connectivity index (χ0n) is 9.97. The highest BCUT2D eigenvalue weighted by Gasteiger charge is 2.59. The van der Waals surface area contributed by atoms with Crippen molar-refractivity contribution in [3.05, 3.63) is 12.7 Å². The molecular weight excluding hydrogens is 186 g/mol. The van der Waals surface area contributed by atoms with Crippen LogP contribution >= 0.6 is 0 Å². The first-order valence-electron chi connectivity index (χ1n) is 5.85. The maximum absolute atomic E-state index is 11.4. The van der Waals surface area contributed by atoms with Crippen molar-refractivity contribution in [3.63, 3.8) is 0 Å². The van der Waals surface area contributed by atoms with Gasteiger partial charge in [-0.15, -0.1) is 0 Å². The van der Waals surface area contributed by atoms with Crippen molar-refractivity contribution < 1.29 is 4.79 Å². The van der Waals surface area contributed by atoms with Gasteiger partial charge in [0.15, 0.2) is 0 Å². The fraction of sp³-hybridized carbons (Fsp3) is 0.769. The highest BCUT2D eigenvalue weighted by atomic mass is 16.1. The lowest BCUT2D eigenvalue weighted by Crippen LogP contribution is -2.66. The van der Waals surface area contributed by atoms with Gasteiger partial charge in [0.05, 0.1) is 0 Å². The summed E-state index contributed by atoms with van der Waals surface area (Å²) in [6.45, 7) is 10.4. The van der Waals surface area contributed by atoms with Gasteiger partial charge >= 0.3 is 0 Å². The van der Waals surface area contributed by atoms with Crippen LogP contribution in [-0.2, 0) is 4.79 Å². The molecule has 0 aliphatic heterocycles. The molecule has 0 aromatic heterocycles. The summed E-state index contributed by atoms with van der Waals surface area (Å²) >= 11 is 0. The van der Waals surface area contributed by atoms with Crippen molar-refractivity contribution in [2.75, 3.05) is 0 Å². The van der Waals surface area contributed by atoms with Gasteiger partial charge in [0.1, 0.15) is 0 Å². The monoisotopic (exact) mass is 207 g/mol. The van der Waals surface area contributed by atoms with Crippen LogP contribution in [-0.4, -0.2) is 11.4 Å². The van der Waals surface area contributed by atoms with E-state index < -0.39 is 0 Å².